The molecule has 2 aromatic rings. The molecule has 0 N–H and O–H groups in total. The van der Waals surface area contributed by atoms with Crippen LogP contribution in [-0.4, -0.2) is 24.9 Å². The number of hydrogen-bond acceptors (Lipinski definition) is 3. The molecule has 7 heteroatoms. The first-order valence-corrected chi connectivity index (χ1v) is 9.69. The van der Waals surface area contributed by atoms with E-state index in [4.69, 9.17) is 25.6 Å². The molecular weight excluding hydrogens is 384 g/mol. The Balaban J connectivity index is 1.53. The highest BCUT2D eigenvalue weighted by atomic mass is 35.5. The number of rotatable bonds is 6. The van der Waals surface area contributed by atoms with Crippen LogP contribution < -0.4 is 10.2 Å². The minimum atomic E-state index is -0.698. The van der Waals surface area contributed by atoms with E-state index in [1.54, 1.807) is 0 Å². The standard InChI is InChI=1S/C21H24BClF2O3/c1-20(2)21(3,4)28-22(27-20)15-9-7-14(8-10-15)6-5-13-26-19-17(25)12-11-16(24)18(19)23/h7-12H,5-6,13H2,1-4H3. The van der Waals surface area contributed by atoms with E-state index >= 15 is 0 Å². The summed E-state index contributed by atoms with van der Waals surface area (Å²) in [5, 5.41) is -0.327. The molecule has 1 aliphatic heterocycles. The molecule has 1 saturated heterocycles. The van der Waals surface area contributed by atoms with Crippen LogP contribution in [-0.2, 0) is 15.7 Å². The van der Waals surface area contributed by atoms with Gasteiger partial charge in [0, 0.05) is 0 Å². The van der Waals surface area contributed by atoms with Crippen LogP contribution in [0.3, 0.4) is 0 Å². The van der Waals surface area contributed by atoms with Crippen LogP contribution in [0.2, 0.25) is 5.02 Å². The lowest BCUT2D eigenvalue weighted by Crippen LogP contribution is -2.41. The second-order valence-electron chi connectivity index (χ2n) is 7.95. The summed E-state index contributed by atoms with van der Waals surface area (Å²) in [7, 11) is -0.388. The quantitative estimate of drug-likeness (QED) is 0.385. The van der Waals surface area contributed by atoms with Crippen LogP contribution in [0.15, 0.2) is 36.4 Å². The third-order valence-electron chi connectivity index (χ3n) is 5.36. The van der Waals surface area contributed by atoms with Crippen molar-refractivity contribution in [2.24, 2.45) is 0 Å². The summed E-state index contributed by atoms with van der Waals surface area (Å²) >= 11 is 5.75. The van der Waals surface area contributed by atoms with E-state index in [9.17, 15) is 8.78 Å². The maximum absolute atomic E-state index is 13.7. The van der Waals surface area contributed by atoms with Gasteiger partial charge in [0.2, 0.25) is 0 Å². The largest absolute Gasteiger partial charge is 0.494 e. The predicted molar refractivity (Wildman–Crippen MR) is 107 cm³/mol. The Hall–Kier alpha value is -1.63. The van der Waals surface area contributed by atoms with Crippen molar-refractivity contribution in [2.45, 2.75) is 51.7 Å². The molecule has 1 aliphatic rings. The van der Waals surface area contributed by atoms with E-state index < -0.39 is 11.6 Å². The average Bonchev–Trinajstić information content (AvgIpc) is 2.86. The van der Waals surface area contributed by atoms with Crippen molar-refractivity contribution in [3.05, 3.63) is 58.6 Å². The summed E-state index contributed by atoms with van der Waals surface area (Å²) < 4.78 is 44.5. The molecular formula is C21H24BClF2O3. The zero-order valence-corrected chi connectivity index (χ0v) is 17.3. The van der Waals surface area contributed by atoms with Gasteiger partial charge in [-0.1, -0.05) is 35.9 Å². The van der Waals surface area contributed by atoms with Gasteiger partial charge in [0.25, 0.3) is 0 Å². The summed E-state index contributed by atoms with van der Waals surface area (Å²) in [6.45, 7) is 8.33. The minimum Gasteiger partial charge on any atom is -0.489 e. The van der Waals surface area contributed by atoms with Gasteiger partial charge in [-0.05, 0) is 63.7 Å². The molecule has 0 aliphatic carbocycles. The molecule has 0 spiro atoms. The molecule has 0 radical (unpaired) electrons. The third kappa shape index (κ3) is 4.34. The lowest BCUT2D eigenvalue weighted by atomic mass is 9.79. The zero-order chi connectivity index (χ0) is 20.5. The van der Waals surface area contributed by atoms with Crippen molar-refractivity contribution in [1.29, 1.82) is 0 Å². The second-order valence-corrected chi connectivity index (χ2v) is 8.33. The van der Waals surface area contributed by atoms with Crippen LogP contribution in [0.5, 0.6) is 5.75 Å². The van der Waals surface area contributed by atoms with Gasteiger partial charge in [-0.2, -0.15) is 0 Å². The number of aryl methyl sites for hydroxylation is 1. The maximum Gasteiger partial charge on any atom is 0.494 e. The van der Waals surface area contributed by atoms with Gasteiger partial charge < -0.3 is 14.0 Å². The van der Waals surface area contributed by atoms with E-state index in [2.05, 4.69) is 0 Å². The normalized spacial score (nSPS) is 17.8. The van der Waals surface area contributed by atoms with Crippen molar-refractivity contribution in [2.75, 3.05) is 6.61 Å². The molecule has 0 aromatic heterocycles. The van der Waals surface area contributed by atoms with E-state index in [0.717, 1.165) is 29.6 Å². The van der Waals surface area contributed by atoms with Crippen molar-refractivity contribution >= 4 is 24.2 Å². The van der Waals surface area contributed by atoms with Gasteiger partial charge in [0.05, 0.1) is 17.8 Å². The zero-order valence-electron chi connectivity index (χ0n) is 16.5. The molecule has 0 saturated carbocycles. The maximum atomic E-state index is 13.7. The van der Waals surface area contributed by atoms with Gasteiger partial charge in [-0.25, -0.2) is 8.78 Å². The molecule has 1 fully saturated rings. The number of halogens is 3. The highest BCUT2D eigenvalue weighted by Gasteiger charge is 2.51. The molecule has 0 unspecified atom stereocenters. The predicted octanol–water partition coefficient (Wildman–Crippen LogP) is 4.93. The second kappa shape index (κ2) is 8.01. The lowest BCUT2D eigenvalue weighted by molar-refractivity contribution is 0.00578. The Morgan fingerprint density at radius 2 is 1.50 bits per heavy atom. The molecule has 0 atom stereocenters. The molecule has 0 amide bonds. The first kappa shape index (κ1) is 21.1. The molecule has 3 rings (SSSR count). The van der Waals surface area contributed by atoms with Crippen LogP contribution >= 0.6 is 11.6 Å². The average molecular weight is 409 g/mol. The van der Waals surface area contributed by atoms with E-state index in [1.165, 1.54) is 0 Å². The molecule has 28 heavy (non-hydrogen) atoms. The van der Waals surface area contributed by atoms with Crippen molar-refractivity contribution in [3.63, 3.8) is 0 Å². The Morgan fingerprint density at radius 3 is 2.11 bits per heavy atom. The van der Waals surface area contributed by atoms with Crippen molar-refractivity contribution in [3.8, 4) is 5.75 Å². The molecule has 1 heterocycles. The molecule has 2 aromatic carbocycles. The summed E-state index contributed by atoms with van der Waals surface area (Å²) in [5.74, 6) is -1.60. The van der Waals surface area contributed by atoms with Crippen molar-refractivity contribution in [1.82, 2.24) is 0 Å². The van der Waals surface area contributed by atoms with Gasteiger partial charge in [0.1, 0.15) is 10.8 Å². The molecule has 150 valence electrons. The highest BCUT2D eigenvalue weighted by Crippen LogP contribution is 2.36. The monoisotopic (exact) mass is 408 g/mol. The van der Waals surface area contributed by atoms with Gasteiger partial charge in [-0.3, -0.25) is 0 Å². The van der Waals surface area contributed by atoms with Crippen LogP contribution in [0.25, 0.3) is 0 Å². The first-order valence-electron chi connectivity index (χ1n) is 9.31. The fourth-order valence-corrected chi connectivity index (χ4v) is 3.12. The Bertz CT molecular complexity index is 824. The van der Waals surface area contributed by atoms with E-state index in [1.807, 2.05) is 52.0 Å². The minimum absolute atomic E-state index is 0.235. The van der Waals surface area contributed by atoms with Crippen molar-refractivity contribution < 1.29 is 22.8 Å². The van der Waals surface area contributed by atoms with Crippen LogP contribution in [0.4, 0.5) is 8.78 Å². The number of ether oxygens (including phenoxy) is 1. The fraction of sp³-hybridized carbons (Fsp3) is 0.429. The lowest BCUT2D eigenvalue weighted by Gasteiger charge is -2.32. The fourth-order valence-electron chi connectivity index (χ4n) is 2.91. The SMILES string of the molecule is CC1(C)OB(c2ccc(CCCOc3c(F)ccc(F)c3Cl)cc2)OC1(C)C. The topological polar surface area (TPSA) is 27.7 Å². The molecule has 3 nitrogen and oxygen atoms in total. The summed E-state index contributed by atoms with van der Waals surface area (Å²) in [5.41, 5.74) is 1.32. The van der Waals surface area contributed by atoms with Gasteiger partial charge >= 0.3 is 7.12 Å². The smallest absolute Gasteiger partial charge is 0.489 e. The van der Waals surface area contributed by atoms with E-state index in [-0.39, 0.29) is 35.7 Å². The highest BCUT2D eigenvalue weighted by molar-refractivity contribution is 6.62. The van der Waals surface area contributed by atoms with Gasteiger partial charge in [-0.15, -0.1) is 0 Å². The Morgan fingerprint density at radius 1 is 0.929 bits per heavy atom. The number of hydrogen-bond donors (Lipinski definition) is 0. The van der Waals surface area contributed by atoms with Crippen LogP contribution in [0.1, 0.15) is 39.7 Å². The van der Waals surface area contributed by atoms with Gasteiger partial charge in [0.15, 0.2) is 11.6 Å². The van der Waals surface area contributed by atoms with E-state index in [0.29, 0.717) is 6.42 Å². The first-order chi connectivity index (χ1) is 13.1. The third-order valence-corrected chi connectivity index (χ3v) is 5.72. The summed E-state index contributed by atoms with van der Waals surface area (Å²) in [6, 6.07) is 9.98. The Labute approximate surface area is 170 Å². The Kier molecular flexibility index (Phi) is 6.04. The summed E-state index contributed by atoms with van der Waals surface area (Å²) in [6.07, 6.45) is 1.38. The van der Waals surface area contributed by atoms with Crippen LogP contribution in [0, 0.1) is 11.6 Å². The molecule has 0 bridgehead atoms. The summed E-state index contributed by atoms with van der Waals surface area (Å²) in [4.78, 5) is 0. The number of benzene rings is 2.